The van der Waals surface area contributed by atoms with Crippen LogP contribution in [0.3, 0.4) is 0 Å². The van der Waals surface area contributed by atoms with Crippen LogP contribution in [-0.2, 0) is 14.3 Å². The predicted octanol–water partition coefficient (Wildman–Crippen LogP) is 4.92. The zero-order valence-corrected chi connectivity index (χ0v) is 16.4. The van der Waals surface area contributed by atoms with Crippen LogP contribution in [0.1, 0.15) is 85.5 Å². The van der Waals surface area contributed by atoms with Gasteiger partial charge in [-0.3, -0.25) is 9.59 Å². The number of ether oxygens (including phenoxy) is 1. The first-order valence-corrected chi connectivity index (χ1v) is 10.4. The Morgan fingerprint density at radius 2 is 1.72 bits per heavy atom. The number of ketones is 1. The van der Waals surface area contributed by atoms with E-state index in [4.69, 9.17) is 4.74 Å². The Labute approximate surface area is 152 Å². The molecule has 0 aromatic heterocycles. The summed E-state index contributed by atoms with van der Waals surface area (Å²) in [6, 6.07) is 0. The molecule has 4 fully saturated rings. The minimum atomic E-state index is -0.297. The quantitative estimate of drug-likeness (QED) is 0.633. The molecule has 0 aliphatic heterocycles. The Hall–Kier alpha value is -0.860. The highest BCUT2D eigenvalue weighted by Gasteiger charge is 2.64. The molecule has 0 unspecified atom stereocenters. The van der Waals surface area contributed by atoms with Gasteiger partial charge in [-0.1, -0.05) is 13.8 Å². The van der Waals surface area contributed by atoms with Crippen molar-refractivity contribution in [2.45, 2.75) is 91.1 Å². The van der Waals surface area contributed by atoms with Crippen LogP contribution in [0.25, 0.3) is 0 Å². The fraction of sp³-hybridized carbons (Fsp3) is 0.909. The SMILES string of the molecule is CC(=O)O[C@]1(C)CC[C@H]2[C@@H]3CC[C@H]4CC(=O)CC[C@]4(C)[C@@H]3CC[C@@]21C. The second-order valence-corrected chi connectivity index (χ2v) is 10.2. The van der Waals surface area contributed by atoms with Gasteiger partial charge in [-0.15, -0.1) is 0 Å². The van der Waals surface area contributed by atoms with E-state index in [1.54, 1.807) is 6.92 Å². The van der Waals surface area contributed by atoms with Crippen LogP contribution in [0.4, 0.5) is 0 Å². The van der Waals surface area contributed by atoms with Crippen LogP contribution in [0.15, 0.2) is 0 Å². The van der Waals surface area contributed by atoms with Crippen molar-refractivity contribution in [3.63, 3.8) is 0 Å². The van der Waals surface area contributed by atoms with Gasteiger partial charge in [0.25, 0.3) is 0 Å². The molecule has 3 nitrogen and oxygen atoms in total. The molecule has 0 aromatic rings. The van der Waals surface area contributed by atoms with Gasteiger partial charge in [0.1, 0.15) is 11.4 Å². The highest BCUT2D eigenvalue weighted by atomic mass is 16.6. The molecule has 0 bridgehead atoms. The lowest BCUT2D eigenvalue weighted by molar-refractivity contribution is -0.183. The van der Waals surface area contributed by atoms with Crippen molar-refractivity contribution >= 4 is 11.8 Å². The Kier molecular flexibility index (Phi) is 3.91. The lowest BCUT2D eigenvalue weighted by Crippen LogP contribution is -2.56. The number of hydrogen-bond donors (Lipinski definition) is 0. The first-order chi connectivity index (χ1) is 11.7. The maximum atomic E-state index is 12.0. The average Bonchev–Trinajstić information content (AvgIpc) is 2.79. The topological polar surface area (TPSA) is 43.4 Å². The largest absolute Gasteiger partial charge is 0.459 e. The van der Waals surface area contributed by atoms with Gasteiger partial charge < -0.3 is 4.74 Å². The molecule has 0 amide bonds. The lowest BCUT2D eigenvalue weighted by atomic mass is 9.44. The summed E-state index contributed by atoms with van der Waals surface area (Å²) in [5, 5.41) is 0. The maximum Gasteiger partial charge on any atom is 0.303 e. The highest BCUT2D eigenvalue weighted by Crippen LogP contribution is 2.68. The van der Waals surface area contributed by atoms with Gasteiger partial charge in [0.05, 0.1) is 0 Å². The molecule has 4 saturated carbocycles. The summed E-state index contributed by atoms with van der Waals surface area (Å²) in [5.74, 6) is 3.16. The zero-order valence-electron chi connectivity index (χ0n) is 16.4. The number of carbonyl (C=O) groups is 2. The summed E-state index contributed by atoms with van der Waals surface area (Å²) in [5.41, 5.74) is 0.181. The minimum absolute atomic E-state index is 0.119. The van der Waals surface area contributed by atoms with E-state index in [1.807, 2.05) is 0 Å². The normalized spacial score (nSPS) is 52.1. The highest BCUT2D eigenvalue weighted by molar-refractivity contribution is 5.79. The van der Waals surface area contributed by atoms with E-state index in [1.165, 1.54) is 32.1 Å². The van der Waals surface area contributed by atoms with E-state index < -0.39 is 0 Å². The van der Waals surface area contributed by atoms with E-state index in [0.717, 1.165) is 37.5 Å². The molecule has 0 N–H and O–H groups in total. The van der Waals surface area contributed by atoms with Crippen LogP contribution in [0.5, 0.6) is 0 Å². The van der Waals surface area contributed by atoms with Crippen molar-refractivity contribution in [3.05, 3.63) is 0 Å². The summed E-state index contributed by atoms with van der Waals surface area (Å²) < 4.78 is 5.91. The molecule has 0 heterocycles. The van der Waals surface area contributed by atoms with Gasteiger partial charge >= 0.3 is 5.97 Å². The Morgan fingerprint density at radius 1 is 1.00 bits per heavy atom. The second kappa shape index (κ2) is 5.57. The molecule has 25 heavy (non-hydrogen) atoms. The Balaban J connectivity index is 1.62. The van der Waals surface area contributed by atoms with E-state index in [2.05, 4.69) is 20.8 Å². The van der Waals surface area contributed by atoms with Crippen molar-refractivity contribution in [2.75, 3.05) is 0 Å². The smallest absolute Gasteiger partial charge is 0.303 e. The first kappa shape index (κ1) is 17.5. The number of hydrogen-bond acceptors (Lipinski definition) is 3. The van der Waals surface area contributed by atoms with Crippen LogP contribution in [-0.4, -0.2) is 17.4 Å². The fourth-order valence-corrected chi connectivity index (χ4v) is 7.76. The molecule has 3 heteroatoms. The number of carbonyl (C=O) groups excluding carboxylic acids is 2. The number of esters is 1. The monoisotopic (exact) mass is 346 g/mol. The standard InChI is InChI=1S/C22H34O3/c1-14(23)25-22(4)12-9-19-17-6-5-15-13-16(24)7-10-20(15,2)18(17)8-11-21(19,22)3/h15,17-19H,5-13H2,1-4H3/t15-,17+,18+,19-,20-,21-,22+/m0/s1. The summed E-state index contributed by atoms with van der Waals surface area (Å²) in [4.78, 5) is 23.7. The van der Waals surface area contributed by atoms with E-state index in [9.17, 15) is 9.59 Å². The molecule has 0 aromatic carbocycles. The Bertz CT molecular complexity index is 598. The summed E-state index contributed by atoms with van der Waals surface area (Å²) in [6.45, 7) is 8.62. The van der Waals surface area contributed by atoms with Crippen LogP contribution in [0.2, 0.25) is 0 Å². The molecular formula is C22H34O3. The van der Waals surface area contributed by atoms with Crippen molar-refractivity contribution < 1.29 is 14.3 Å². The van der Waals surface area contributed by atoms with Crippen LogP contribution < -0.4 is 0 Å². The maximum absolute atomic E-state index is 12.0. The van der Waals surface area contributed by atoms with Gasteiger partial charge in [0.15, 0.2) is 0 Å². The number of fused-ring (bicyclic) bond motifs is 5. The molecule has 0 spiro atoms. The third-order valence-corrected chi connectivity index (χ3v) is 9.38. The minimum Gasteiger partial charge on any atom is -0.459 e. The first-order valence-electron chi connectivity index (χ1n) is 10.4. The molecule has 0 radical (unpaired) electrons. The van der Waals surface area contributed by atoms with Gasteiger partial charge in [-0.05, 0) is 81.0 Å². The third kappa shape index (κ3) is 2.36. The van der Waals surface area contributed by atoms with Gasteiger partial charge in [-0.25, -0.2) is 0 Å². The predicted molar refractivity (Wildman–Crippen MR) is 96.9 cm³/mol. The van der Waals surface area contributed by atoms with Crippen molar-refractivity contribution in [1.29, 1.82) is 0 Å². The fourth-order valence-electron chi connectivity index (χ4n) is 7.76. The van der Waals surface area contributed by atoms with E-state index in [0.29, 0.717) is 23.0 Å². The van der Waals surface area contributed by atoms with Crippen molar-refractivity contribution in [2.24, 2.45) is 34.5 Å². The lowest BCUT2D eigenvalue weighted by Gasteiger charge is -2.61. The second-order valence-electron chi connectivity index (χ2n) is 10.2. The molecule has 4 aliphatic rings. The van der Waals surface area contributed by atoms with Crippen molar-refractivity contribution in [1.82, 2.24) is 0 Å². The molecule has 140 valence electrons. The molecule has 4 rings (SSSR count). The van der Waals surface area contributed by atoms with Gasteiger partial charge in [0, 0.05) is 25.2 Å². The number of Topliss-reactive ketones (excluding diaryl/α,β-unsaturated/α-hetero) is 1. The molecule has 7 atom stereocenters. The summed E-state index contributed by atoms with van der Waals surface area (Å²) >= 11 is 0. The van der Waals surface area contributed by atoms with E-state index >= 15 is 0 Å². The summed E-state index contributed by atoms with van der Waals surface area (Å²) in [6.07, 6.45) is 9.83. The third-order valence-electron chi connectivity index (χ3n) is 9.38. The molecule has 0 saturated heterocycles. The van der Waals surface area contributed by atoms with Crippen molar-refractivity contribution in [3.8, 4) is 0 Å². The zero-order chi connectivity index (χ0) is 18.0. The van der Waals surface area contributed by atoms with Gasteiger partial charge in [-0.2, -0.15) is 0 Å². The summed E-state index contributed by atoms with van der Waals surface area (Å²) in [7, 11) is 0. The average molecular weight is 347 g/mol. The van der Waals surface area contributed by atoms with Crippen LogP contribution >= 0.6 is 0 Å². The van der Waals surface area contributed by atoms with Gasteiger partial charge in [0.2, 0.25) is 0 Å². The molecular weight excluding hydrogens is 312 g/mol. The number of rotatable bonds is 1. The van der Waals surface area contributed by atoms with Crippen LogP contribution in [0, 0.1) is 34.5 Å². The van der Waals surface area contributed by atoms with E-state index in [-0.39, 0.29) is 17.0 Å². The Morgan fingerprint density at radius 3 is 2.44 bits per heavy atom. The molecule has 4 aliphatic carbocycles.